The molecule has 0 saturated carbocycles. The summed E-state index contributed by atoms with van der Waals surface area (Å²) in [6.07, 6.45) is 0.268. The van der Waals surface area contributed by atoms with E-state index in [2.05, 4.69) is 5.32 Å². The predicted molar refractivity (Wildman–Crippen MR) is 162 cm³/mol. The van der Waals surface area contributed by atoms with Crippen LogP contribution in [0, 0.1) is 6.92 Å². The second-order valence-electron chi connectivity index (χ2n) is 9.73. The molecule has 4 aromatic carbocycles. The molecule has 1 aromatic heterocycles. The lowest BCUT2D eigenvalue weighted by Crippen LogP contribution is -2.14. The van der Waals surface area contributed by atoms with Crippen molar-refractivity contribution in [1.29, 1.82) is 0 Å². The number of carbonyl (C=O) groups excluding carboxylic acids is 2. The van der Waals surface area contributed by atoms with E-state index in [4.69, 9.17) is 19.3 Å². The first-order chi connectivity index (χ1) is 20.4. The van der Waals surface area contributed by atoms with E-state index in [-0.39, 0.29) is 18.2 Å². The Bertz CT molecular complexity index is 1730. The molecule has 1 N–H and O–H groups in total. The van der Waals surface area contributed by atoms with Crippen LogP contribution in [-0.4, -0.2) is 35.9 Å². The van der Waals surface area contributed by atoms with E-state index < -0.39 is 5.97 Å². The maximum atomic E-state index is 12.7. The lowest BCUT2D eigenvalue weighted by atomic mass is 10.00. The molecule has 42 heavy (non-hydrogen) atoms. The van der Waals surface area contributed by atoms with Gasteiger partial charge in [0.1, 0.15) is 17.2 Å². The van der Waals surface area contributed by atoms with E-state index in [1.54, 1.807) is 25.0 Å². The number of amides is 1. The van der Waals surface area contributed by atoms with Gasteiger partial charge in [-0.1, -0.05) is 54.6 Å². The summed E-state index contributed by atoms with van der Waals surface area (Å²) in [7, 11) is 3.17. The quantitative estimate of drug-likeness (QED) is 0.203. The minimum absolute atomic E-state index is 0.120. The summed E-state index contributed by atoms with van der Waals surface area (Å²) >= 11 is 0. The van der Waals surface area contributed by atoms with Crippen LogP contribution in [0.25, 0.3) is 28.1 Å². The van der Waals surface area contributed by atoms with Gasteiger partial charge in [0.05, 0.1) is 31.9 Å². The van der Waals surface area contributed by atoms with Crippen LogP contribution < -0.4 is 19.5 Å². The van der Waals surface area contributed by atoms with Crippen molar-refractivity contribution in [3.05, 3.63) is 108 Å². The van der Waals surface area contributed by atoms with E-state index in [0.717, 1.165) is 22.4 Å². The third-order valence-electron chi connectivity index (χ3n) is 6.66. The number of carbonyl (C=O) groups is 2. The van der Waals surface area contributed by atoms with E-state index >= 15 is 0 Å². The standard InChI is InChI=1S/C34H31N3O5/c1-22-9-8-12-27(19-22)37-34(42-23(2)38)32(33(36-37)29-18-17-28(40-3)21-30(29)41-4)25-13-15-26(16-14-25)35-31(39)20-24-10-6-5-7-11-24/h5-19,21H,20H2,1-4H3,(H,35,39). The number of hydrogen-bond donors (Lipinski definition) is 1. The smallest absolute Gasteiger partial charge is 0.309 e. The van der Waals surface area contributed by atoms with Crippen molar-refractivity contribution in [2.24, 2.45) is 0 Å². The van der Waals surface area contributed by atoms with Crippen LogP contribution in [0.2, 0.25) is 0 Å². The summed E-state index contributed by atoms with van der Waals surface area (Å²) in [5.41, 5.74) is 5.90. The van der Waals surface area contributed by atoms with Crippen molar-refractivity contribution < 1.29 is 23.8 Å². The fourth-order valence-electron chi connectivity index (χ4n) is 4.72. The summed E-state index contributed by atoms with van der Waals surface area (Å²) in [6.45, 7) is 3.34. The maximum Gasteiger partial charge on any atom is 0.309 e. The molecule has 0 fully saturated rings. The van der Waals surface area contributed by atoms with Gasteiger partial charge in [-0.2, -0.15) is 9.78 Å². The largest absolute Gasteiger partial charge is 0.497 e. The molecular weight excluding hydrogens is 530 g/mol. The number of methoxy groups -OCH3 is 2. The molecule has 5 rings (SSSR count). The van der Waals surface area contributed by atoms with Crippen molar-refractivity contribution in [3.8, 4) is 45.5 Å². The van der Waals surface area contributed by atoms with Crippen molar-refractivity contribution in [1.82, 2.24) is 9.78 Å². The summed E-state index contributed by atoms with van der Waals surface area (Å²) in [5.74, 6) is 0.838. The molecule has 0 bridgehead atoms. The van der Waals surface area contributed by atoms with Gasteiger partial charge in [0.2, 0.25) is 11.8 Å². The molecular formula is C34H31N3O5. The van der Waals surface area contributed by atoms with Crippen LogP contribution in [0.4, 0.5) is 5.69 Å². The van der Waals surface area contributed by atoms with E-state index in [0.29, 0.717) is 34.0 Å². The first-order valence-corrected chi connectivity index (χ1v) is 13.4. The van der Waals surface area contributed by atoms with Gasteiger partial charge in [-0.25, -0.2) is 0 Å². The molecule has 8 heteroatoms. The summed E-state index contributed by atoms with van der Waals surface area (Å²) < 4.78 is 18.6. The number of aryl methyl sites for hydroxylation is 1. The van der Waals surface area contributed by atoms with Crippen LogP contribution in [0.15, 0.2) is 97.1 Å². The van der Waals surface area contributed by atoms with Crippen LogP contribution >= 0.6 is 0 Å². The van der Waals surface area contributed by atoms with Gasteiger partial charge in [0.15, 0.2) is 0 Å². The topological polar surface area (TPSA) is 91.7 Å². The zero-order chi connectivity index (χ0) is 29.6. The second-order valence-corrected chi connectivity index (χ2v) is 9.73. The first-order valence-electron chi connectivity index (χ1n) is 13.4. The average molecular weight is 562 g/mol. The van der Waals surface area contributed by atoms with Gasteiger partial charge in [-0.3, -0.25) is 9.59 Å². The number of nitrogens with zero attached hydrogens (tertiary/aromatic N) is 2. The highest BCUT2D eigenvalue weighted by Crippen LogP contribution is 2.44. The van der Waals surface area contributed by atoms with E-state index in [9.17, 15) is 9.59 Å². The number of hydrogen-bond acceptors (Lipinski definition) is 6. The van der Waals surface area contributed by atoms with Crippen LogP contribution in [0.3, 0.4) is 0 Å². The number of rotatable bonds is 9. The highest BCUT2D eigenvalue weighted by Gasteiger charge is 2.26. The third kappa shape index (κ3) is 6.18. The number of benzene rings is 4. The lowest BCUT2D eigenvalue weighted by molar-refractivity contribution is -0.132. The SMILES string of the molecule is COc1ccc(-c2nn(-c3cccc(C)c3)c(OC(C)=O)c2-c2ccc(NC(=O)Cc3ccccc3)cc2)c(OC)c1. The number of aromatic nitrogens is 2. The van der Waals surface area contributed by atoms with Crippen LogP contribution in [-0.2, 0) is 16.0 Å². The lowest BCUT2D eigenvalue weighted by Gasteiger charge is -2.12. The number of nitrogens with one attached hydrogen (secondary N) is 1. The number of ether oxygens (including phenoxy) is 3. The monoisotopic (exact) mass is 561 g/mol. The second kappa shape index (κ2) is 12.4. The van der Waals surface area contributed by atoms with Gasteiger partial charge in [0.25, 0.3) is 0 Å². The van der Waals surface area contributed by atoms with E-state index in [1.807, 2.05) is 97.9 Å². The Kier molecular flexibility index (Phi) is 8.34. The molecule has 0 aliphatic rings. The average Bonchev–Trinajstić information content (AvgIpc) is 3.35. The molecule has 0 spiro atoms. The molecule has 1 amide bonds. The molecule has 0 saturated heterocycles. The Morgan fingerprint density at radius 1 is 0.857 bits per heavy atom. The highest BCUT2D eigenvalue weighted by atomic mass is 16.5. The Balaban J connectivity index is 1.62. The molecule has 5 aromatic rings. The molecule has 8 nitrogen and oxygen atoms in total. The van der Waals surface area contributed by atoms with Crippen molar-refractivity contribution in [2.75, 3.05) is 19.5 Å². The molecule has 0 unspecified atom stereocenters. The minimum Gasteiger partial charge on any atom is -0.497 e. The number of anilines is 1. The molecule has 212 valence electrons. The fourth-order valence-corrected chi connectivity index (χ4v) is 4.72. The van der Waals surface area contributed by atoms with Crippen molar-refractivity contribution >= 4 is 17.6 Å². The zero-order valence-corrected chi connectivity index (χ0v) is 23.9. The molecule has 0 aliphatic heterocycles. The summed E-state index contributed by atoms with van der Waals surface area (Å²) in [5, 5.41) is 7.90. The normalized spacial score (nSPS) is 10.7. The molecule has 0 atom stereocenters. The fraction of sp³-hybridized carbons (Fsp3) is 0.147. The van der Waals surface area contributed by atoms with Crippen LogP contribution in [0.5, 0.6) is 17.4 Å². The summed E-state index contributed by atoms with van der Waals surface area (Å²) in [4.78, 5) is 25.0. The minimum atomic E-state index is -0.483. The first kappa shape index (κ1) is 28.2. The highest BCUT2D eigenvalue weighted by molar-refractivity contribution is 5.93. The van der Waals surface area contributed by atoms with Gasteiger partial charge in [-0.15, -0.1) is 0 Å². The third-order valence-corrected chi connectivity index (χ3v) is 6.66. The van der Waals surface area contributed by atoms with Crippen molar-refractivity contribution in [3.63, 3.8) is 0 Å². The zero-order valence-electron chi connectivity index (χ0n) is 23.9. The predicted octanol–water partition coefficient (Wildman–Crippen LogP) is 6.64. The van der Waals surface area contributed by atoms with Crippen molar-refractivity contribution in [2.45, 2.75) is 20.3 Å². The molecule has 0 aliphatic carbocycles. The Hall–Kier alpha value is -5.37. The molecule has 1 heterocycles. The Morgan fingerprint density at radius 2 is 1.62 bits per heavy atom. The van der Waals surface area contributed by atoms with Gasteiger partial charge >= 0.3 is 5.97 Å². The Labute approximate surface area is 244 Å². The van der Waals surface area contributed by atoms with Gasteiger partial charge in [0, 0.05) is 24.2 Å². The Morgan fingerprint density at radius 3 is 2.29 bits per heavy atom. The molecule has 0 radical (unpaired) electrons. The maximum absolute atomic E-state index is 12.7. The van der Waals surface area contributed by atoms with E-state index in [1.165, 1.54) is 6.92 Å². The number of esters is 1. The van der Waals surface area contributed by atoms with Gasteiger partial charge in [-0.05, 0) is 60.0 Å². The van der Waals surface area contributed by atoms with Crippen LogP contribution in [0.1, 0.15) is 18.1 Å². The van der Waals surface area contributed by atoms with Gasteiger partial charge < -0.3 is 19.5 Å². The summed E-state index contributed by atoms with van der Waals surface area (Å²) in [6, 6.07) is 30.2.